The van der Waals surface area contributed by atoms with Crippen molar-refractivity contribution in [2.24, 2.45) is 0 Å². The van der Waals surface area contributed by atoms with E-state index in [0.29, 0.717) is 0 Å². The van der Waals surface area contributed by atoms with Crippen LogP contribution in [0.1, 0.15) is 19.8 Å². The lowest BCUT2D eigenvalue weighted by Gasteiger charge is -2.09. The minimum Gasteiger partial charge on any atom is -0.380 e. The molecule has 0 aliphatic carbocycles. The third kappa shape index (κ3) is 7.84. The molecule has 1 atom stereocenters. The number of hydrogen-bond acceptors (Lipinski definition) is 1. The number of aliphatic hydroxyl groups is 1. The van der Waals surface area contributed by atoms with E-state index in [1.54, 1.807) is 0 Å². The Morgan fingerprint density at radius 2 is 1.92 bits per heavy atom. The molecule has 0 saturated carbocycles. The third-order valence-corrected chi connectivity index (χ3v) is 2.69. The zero-order valence-corrected chi connectivity index (χ0v) is 9.65. The Morgan fingerprint density at radius 3 is 2.33 bits per heavy atom. The van der Waals surface area contributed by atoms with E-state index < -0.39 is 14.2 Å². The number of rotatable bonds is 3. The van der Waals surface area contributed by atoms with Crippen LogP contribution in [-0.4, -0.2) is 19.3 Å². The second-order valence-corrected chi connectivity index (χ2v) is 9.84. The summed E-state index contributed by atoms with van der Waals surface area (Å²) in [5.41, 5.74) is 0. The summed E-state index contributed by atoms with van der Waals surface area (Å²) in [4.78, 5) is 0. The van der Waals surface area contributed by atoms with Crippen molar-refractivity contribution in [1.29, 1.82) is 0 Å². The SMILES string of the molecule is CCCC(O)C#CC[Si](C)(C)C. The summed E-state index contributed by atoms with van der Waals surface area (Å²) in [5, 5.41) is 9.29. The highest BCUT2D eigenvalue weighted by atomic mass is 28.3. The first-order valence-electron chi connectivity index (χ1n) is 4.62. The zero-order chi connectivity index (χ0) is 9.61. The first-order chi connectivity index (χ1) is 5.45. The van der Waals surface area contributed by atoms with E-state index in [2.05, 4.69) is 38.4 Å². The fourth-order valence-corrected chi connectivity index (χ4v) is 1.41. The highest BCUT2D eigenvalue weighted by molar-refractivity contribution is 6.76. The summed E-state index contributed by atoms with van der Waals surface area (Å²) >= 11 is 0. The van der Waals surface area contributed by atoms with E-state index in [1.165, 1.54) is 0 Å². The van der Waals surface area contributed by atoms with Gasteiger partial charge in [-0.1, -0.05) is 38.9 Å². The van der Waals surface area contributed by atoms with E-state index >= 15 is 0 Å². The summed E-state index contributed by atoms with van der Waals surface area (Å²) in [6.45, 7) is 8.92. The minimum atomic E-state index is -1.03. The van der Waals surface area contributed by atoms with Gasteiger partial charge in [0.2, 0.25) is 0 Å². The van der Waals surface area contributed by atoms with Crippen molar-refractivity contribution in [3.63, 3.8) is 0 Å². The van der Waals surface area contributed by atoms with Gasteiger partial charge < -0.3 is 5.11 Å². The van der Waals surface area contributed by atoms with Gasteiger partial charge in [0.15, 0.2) is 0 Å². The number of aliphatic hydroxyl groups excluding tert-OH is 1. The molecular weight excluding hydrogens is 164 g/mol. The van der Waals surface area contributed by atoms with Crippen LogP contribution in [0.5, 0.6) is 0 Å². The van der Waals surface area contributed by atoms with E-state index in [1.807, 2.05) is 0 Å². The smallest absolute Gasteiger partial charge is 0.114 e. The molecule has 2 heteroatoms. The highest BCUT2D eigenvalue weighted by Crippen LogP contribution is 2.06. The molecule has 1 unspecified atom stereocenters. The van der Waals surface area contributed by atoms with Gasteiger partial charge in [0.1, 0.15) is 6.10 Å². The quantitative estimate of drug-likeness (QED) is 0.528. The van der Waals surface area contributed by atoms with Gasteiger partial charge >= 0.3 is 0 Å². The second kappa shape index (κ2) is 5.39. The summed E-state index contributed by atoms with van der Waals surface area (Å²) in [6, 6.07) is 0.994. The van der Waals surface area contributed by atoms with Gasteiger partial charge in [-0.25, -0.2) is 0 Å². The van der Waals surface area contributed by atoms with Gasteiger partial charge in [0.05, 0.1) is 8.07 Å². The minimum absolute atomic E-state index is 0.397. The first kappa shape index (κ1) is 11.7. The standard InChI is InChI=1S/C10H20OSi/c1-5-7-10(11)8-6-9-12(2,3)4/h10-11H,5,7,9H2,1-4H3. The van der Waals surface area contributed by atoms with Crippen LogP contribution in [0.4, 0.5) is 0 Å². The molecular formula is C10H20OSi. The molecule has 70 valence electrons. The molecule has 0 aromatic heterocycles. The van der Waals surface area contributed by atoms with Crippen molar-refractivity contribution in [3.8, 4) is 11.8 Å². The molecule has 0 saturated heterocycles. The summed E-state index contributed by atoms with van der Waals surface area (Å²) in [7, 11) is -1.03. The Bertz CT molecular complexity index is 171. The van der Waals surface area contributed by atoms with Crippen LogP contribution in [0.3, 0.4) is 0 Å². The van der Waals surface area contributed by atoms with Crippen LogP contribution >= 0.6 is 0 Å². The Kier molecular flexibility index (Phi) is 5.28. The van der Waals surface area contributed by atoms with Crippen LogP contribution < -0.4 is 0 Å². The normalized spacial score (nSPS) is 13.4. The zero-order valence-electron chi connectivity index (χ0n) is 8.65. The maximum atomic E-state index is 9.29. The molecule has 0 radical (unpaired) electrons. The highest BCUT2D eigenvalue weighted by Gasteiger charge is 2.09. The van der Waals surface area contributed by atoms with E-state index in [9.17, 15) is 5.11 Å². The van der Waals surface area contributed by atoms with Crippen molar-refractivity contribution in [1.82, 2.24) is 0 Å². The molecule has 0 rings (SSSR count). The molecule has 0 spiro atoms. The lowest BCUT2D eigenvalue weighted by atomic mass is 10.2. The van der Waals surface area contributed by atoms with E-state index in [0.717, 1.165) is 18.9 Å². The van der Waals surface area contributed by atoms with Gasteiger partial charge in [-0.2, -0.15) is 0 Å². The van der Waals surface area contributed by atoms with E-state index in [4.69, 9.17) is 0 Å². The third-order valence-electron chi connectivity index (χ3n) is 1.45. The van der Waals surface area contributed by atoms with Crippen molar-refractivity contribution in [2.75, 3.05) is 0 Å². The monoisotopic (exact) mass is 184 g/mol. The molecule has 0 aliphatic heterocycles. The van der Waals surface area contributed by atoms with Gasteiger partial charge in [-0.05, 0) is 6.42 Å². The Labute approximate surface area is 77.2 Å². The topological polar surface area (TPSA) is 20.2 Å². The Balaban J connectivity index is 3.73. The van der Waals surface area contributed by atoms with Gasteiger partial charge in [-0.15, -0.1) is 5.92 Å². The van der Waals surface area contributed by atoms with Crippen LogP contribution in [0.2, 0.25) is 25.7 Å². The van der Waals surface area contributed by atoms with Crippen molar-refractivity contribution in [3.05, 3.63) is 0 Å². The van der Waals surface area contributed by atoms with Crippen molar-refractivity contribution >= 4 is 8.07 Å². The van der Waals surface area contributed by atoms with Crippen LogP contribution in [-0.2, 0) is 0 Å². The lowest BCUT2D eigenvalue weighted by molar-refractivity contribution is 0.221. The lowest BCUT2D eigenvalue weighted by Crippen LogP contribution is -2.17. The Hall–Kier alpha value is -0.263. The molecule has 1 nitrogen and oxygen atoms in total. The molecule has 0 heterocycles. The fourth-order valence-electron chi connectivity index (χ4n) is 0.780. The van der Waals surface area contributed by atoms with Crippen LogP contribution in [0.15, 0.2) is 0 Å². The maximum absolute atomic E-state index is 9.29. The molecule has 1 N–H and O–H groups in total. The first-order valence-corrected chi connectivity index (χ1v) is 8.33. The van der Waals surface area contributed by atoms with Crippen LogP contribution in [0, 0.1) is 11.8 Å². The van der Waals surface area contributed by atoms with Gasteiger partial charge in [0, 0.05) is 6.04 Å². The molecule has 0 aromatic rings. The van der Waals surface area contributed by atoms with E-state index in [-0.39, 0.29) is 0 Å². The summed E-state index contributed by atoms with van der Waals surface area (Å²) in [5.74, 6) is 5.95. The van der Waals surface area contributed by atoms with Crippen molar-refractivity contribution in [2.45, 2.75) is 51.6 Å². The van der Waals surface area contributed by atoms with Gasteiger partial charge in [0.25, 0.3) is 0 Å². The predicted molar refractivity (Wildman–Crippen MR) is 56.8 cm³/mol. The number of hydrogen-bond donors (Lipinski definition) is 1. The summed E-state index contributed by atoms with van der Waals surface area (Å²) in [6.07, 6.45) is 1.41. The molecule has 0 bridgehead atoms. The second-order valence-electron chi connectivity index (χ2n) is 4.36. The Morgan fingerprint density at radius 1 is 1.33 bits per heavy atom. The largest absolute Gasteiger partial charge is 0.380 e. The maximum Gasteiger partial charge on any atom is 0.114 e. The van der Waals surface area contributed by atoms with Crippen LogP contribution in [0.25, 0.3) is 0 Å². The molecule has 0 amide bonds. The molecule has 0 fully saturated rings. The fraction of sp³-hybridized carbons (Fsp3) is 0.800. The average molecular weight is 184 g/mol. The predicted octanol–water partition coefficient (Wildman–Crippen LogP) is 2.49. The molecule has 0 aliphatic rings. The molecule has 0 aromatic carbocycles. The van der Waals surface area contributed by atoms with Crippen molar-refractivity contribution < 1.29 is 5.11 Å². The molecule has 12 heavy (non-hydrogen) atoms. The summed E-state index contributed by atoms with van der Waals surface area (Å²) < 4.78 is 0. The average Bonchev–Trinajstić information content (AvgIpc) is 1.84. The van der Waals surface area contributed by atoms with Gasteiger partial charge in [-0.3, -0.25) is 0 Å².